The Kier molecular flexibility index (Phi) is 13.8. The molecule has 0 bridgehead atoms. The zero-order chi connectivity index (χ0) is 74.6. The van der Waals surface area contributed by atoms with Crippen molar-refractivity contribution in [1.82, 2.24) is 48.2 Å². The van der Waals surface area contributed by atoms with Crippen molar-refractivity contribution in [1.29, 1.82) is 0 Å². The van der Waals surface area contributed by atoms with Gasteiger partial charge >= 0.3 is 0 Å². The van der Waals surface area contributed by atoms with Gasteiger partial charge in [0.15, 0.2) is 23.3 Å². The van der Waals surface area contributed by atoms with Gasteiger partial charge in [0.05, 0.1) is 44.1 Å². The van der Waals surface area contributed by atoms with Crippen molar-refractivity contribution in [2.45, 2.75) is 0 Å². The fourth-order valence-electron chi connectivity index (χ4n) is 17.7. The van der Waals surface area contributed by atoms with Gasteiger partial charge in [0.25, 0.3) is 0 Å². The average Bonchev–Trinajstić information content (AvgIpc) is 1.55. The highest BCUT2D eigenvalue weighted by Gasteiger charge is 2.28. The highest BCUT2D eigenvalue weighted by Crippen LogP contribution is 2.46. The van der Waals surface area contributed by atoms with E-state index in [1.807, 2.05) is 24.3 Å². The van der Waals surface area contributed by atoms with Crippen molar-refractivity contribution in [3.63, 3.8) is 0 Å². The summed E-state index contributed by atoms with van der Waals surface area (Å²) in [6.07, 6.45) is 0. The summed E-state index contributed by atoms with van der Waals surface area (Å²) < 4.78 is 22.7. The molecule has 0 saturated carbocycles. The van der Waals surface area contributed by atoms with E-state index in [2.05, 4.69) is 358 Å². The molecule has 114 heavy (non-hydrogen) atoms. The van der Waals surface area contributed by atoms with Crippen LogP contribution in [-0.2, 0) is 0 Å². The van der Waals surface area contributed by atoms with E-state index in [1.54, 1.807) is 0 Å². The van der Waals surface area contributed by atoms with Crippen molar-refractivity contribution >= 4 is 131 Å². The van der Waals surface area contributed by atoms with Gasteiger partial charge in [0.2, 0.25) is 11.9 Å². The number of rotatable bonds is 11. The minimum Gasteiger partial charge on any atom is -0.456 e. The molecule has 530 valence electrons. The van der Waals surface area contributed by atoms with Crippen LogP contribution in [0.15, 0.2) is 373 Å². The van der Waals surface area contributed by atoms with Crippen LogP contribution in [0.2, 0.25) is 0 Å². The molecule has 0 radical (unpaired) electrons. The fourth-order valence-corrected chi connectivity index (χ4v) is 17.7. The Morgan fingerprint density at radius 3 is 0.904 bits per heavy atom. The number of benzene rings is 16. The molecule has 0 N–H and O–H groups in total. The Labute approximate surface area is 650 Å². The third-order valence-corrected chi connectivity index (χ3v) is 22.9. The third-order valence-electron chi connectivity index (χ3n) is 22.9. The van der Waals surface area contributed by atoms with Crippen LogP contribution in [0.25, 0.3) is 233 Å². The predicted molar refractivity (Wildman–Crippen MR) is 463 cm³/mol. The van der Waals surface area contributed by atoms with Gasteiger partial charge in [-0.25, -0.2) is 9.97 Å². The monoisotopic (exact) mass is 1460 g/mol. The molecule has 24 rings (SSSR count). The number of aromatic nitrogens is 10. The second kappa shape index (κ2) is 24.9. The summed E-state index contributed by atoms with van der Waals surface area (Å²) >= 11 is 0. The first kappa shape index (κ1) is 63.3. The van der Waals surface area contributed by atoms with Crippen LogP contribution < -0.4 is 0 Å². The van der Waals surface area contributed by atoms with Gasteiger partial charge in [-0.15, -0.1) is 0 Å². The third kappa shape index (κ3) is 9.84. The van der Waals surface area contributed by atoms with Crippen LogP contribution in [0, 0.1) is 0 Å². The summed E-state index contributed by atoms with van der Waals surface area (Å²) in [7, 11) is 0. The number of furan rings is 2. The maximum atomic E-state index is 6.97. The van der Waals surface area contributed by atoms with Crippen molar-refractivity contribution in [2.75, 3.05) is 0 Å². The maximum absolute atomic E-state index is 6.97. The molecular formula is C102H60N10O2. The Bertz CT molecular complexity index is 8110. The standard InChI is InChI=1S/C102H60N10O2/c1-4-22-61(23-5-1)65-25-21-27-68(57-65)98-104-100(108-102(106-98)112-88-40-18-13-35-76(88)84-55-53-82-74-33-11-16-38-86(74)110(94(82)96(84)112)72-30-8-3-9-31-72)70-48-51-80-79-49-46-67(58-90(79)114-92(80)60-70)66-26-20-24-64(56-66)62-42-44-63(45-43-62)97-103-99(69-47-50-78-77-36-14-19-41-89(77)113-91(78)59-69)107-101(105-97)111-87-39-17-12-34-75(87)83-54-52-81-73-32-10-15-37-85(73)109(93(81)95(83)111)71-28-6-2-7-29-71/h1-60H. The van der Waals surface area contributed by atoms with Crippen molar-refractivity contribution in [3.05, 3.63) is 364 Å². The molecule has 24 aromatic rings. The number of hydrogen-bond donors (Lipinski definition) is 0. The Morgan fingerprint density at radius 2 is 0.439 bits per heavy atom. The zero-order valence-electron chi connectivity index (χ0n) is 60.9. The Balaban J connectivity index is 0.613. The van der Waals surface area contributed by atoms with E-state index < -0.39 is 0 Å². The molecule has 0 fully saturated rings. The van der Waals surface area contributed by atoms with E-state index in [-0.39, 0.29) is 0 Å². The highest BCUT2D eigenvalue weighted by molar-refractivity contribution is 6.25. The van der Waals surface area contributed by atoms with Crippen LogP contribution in [0.1, 0.15) is 0 Å². The van der Waals surface area contributed by atoms with Gasteiger partial charge < -0.3 is 18.0 Å². The summed E-state index contributed by atoms with van der Waals surface area (Å²) in [5.74, 6) is 3.11. The van der Waals surface area contributed by atoms with Crippen LogP contribution in [0.5, 0.6) is 0 Å². The van der Waals surface area contributed by atoms with Gasteiger partial charge in [-0.2, -0.15) is 19.9 Å². The molecule has 0 aliphatic heterocycles. The average molecular weight is 1460 g/mol. The Hall–Kier alpha value is -15.7. The van der Waals surface area contributed by atoms with Crippen molar-refractivity contribution < 1.29 is 8.83 Å². The van der Waals surface area contributed by atoms with E-state index in [0.29, 0.717) is 35.2 Å². The first-order valence-electron chi connectivity index (χ1n) is 38.3. The van der Waals surface area contributed by atoms with Gasteiger partial charge in [0.1, 0.15) is 22.3 Å². The van der Waals surface area contributed by atoms with E-state index >= 15 is 0 Å². The SMILES string of the molecule is c1ccc(-c2cccc(-c3nc(-c4ccc5c(c4)oc4cc(-c6cccc(-c7ccc(-c8nc(-c9ccc%10c(c9)oc9ccccc9%10)nc(-n9c%10ccccc%10c%10ccc%11c%12ccccc%12n(-c%12ccccc%12)c%11c%109)n8)cc7)c6)ccc45)nc(-n4c5ccccc5c5ccc6c7ccccc7n(-c7ccccc7)c6c54)n3)c2)cc1. The first-order valence-corrected chi connectivity index (χ1v) is 38.3. The molecule has 12 heteroatoms. The van der Waals surface area contributed by atoms with Crippen LogP contribution in [-0.4, -0.2) is 48.2 Å². The lowest BCUT2D eigenvalue weighted by Crippen LogP contribution is -2.07. The van der Waals surface area contributed by atoms with E-state index in [4.69, 9.17) is 38.7 Å². The lowest BCUT2D eigenvalue weighted by molar-refractivity contribution is 0.668. The zero-order valence-corrected chi connectivity index (χ0v) is 60.9. The van der Waals surface area contributed by atoms with E-state index in [1.165, 1.54) is 0 Å². The smallest absolute Gasteiger partial charge is 0.238 e. The summed E-state index contributed by atoms with van der Waals surface area (Å²) in [5, 5.41) is 13.0. The summed E-state index contributed by atoms with van der Waals surface area (Å²) in [6.45, 7) is 0. The molecule has 8 aromatic heterocycles. The normalized spacial score (nSPS) is 12.0. The topological polar surface area (TPSA) is 123 Å². The summed E-state index contributed by atoms with van der Waals surface area (Å²) in [4.78, 5) is 32.8. The molecule has 0 unspecified atom stereocenters. The van der Waals surface area contributed by atoms with Gasteiger partial charge in [-0.05, 0) is 137 Å². The largest absolute Gasteiger partial charge is 0.456 e. The summed E-state index contributed by atoms with van der Waals surface area (Å²) in [5.41, 5.74) is 23.1. The predicted octanol–water partition coefficient (Wildman–Crippen LogP) is 25.9. The maximum Gasteiger partial charge on any atom is 0.238 e. The molecule has 0 spiro atoms. The number of nitrogens with zero attached hydrogens (tertiary/aromatic N) is 10. The van der Waals surface area contributed by atoms with E-state index in [0.717, 1.165) is 198 Å². The second-order valence-electron chi connectivity index (χ2n) is 29.3. The quantitative estimate of drug-likeness (QED) is 0.125. The number of hydrogen-bond acceptors (Lipinski definition) is 8. The molecule has 0 aliphatic carbocycles. The first-order chi connectivity index (χ1) is 56.5. The second-order valence-corrected chi connectivity index (χ2v) is 29.3. The number of para-hydroxylation sites is 7. The minimum atomic E-state index is 0.497. The minimum absolute atomic E-state index is 0.497. The highest BCUT2D eigenvalue weighted by atomic mass is 16.3. The van der Waals surface area contributed by atoms with Crippen molar-refractivity contribution in [2.24, 2.45) is 0 Å². The molecule has 16 aromatic carbocycles. The lowest BCUT2D eigenvalue weighted by Gasteiger charge is -2.13. The molecule has 0 atom stereocenters. The molecule has 12 nitrogen and oxygen atoms in total. The van der Waals surface area contributed by atoms with Crippen LogP contribution in [0.4, 0.5) is 0 Å². The van der Waals surface area contributed by atoms with Crippen molar-refractivity contribution in [3.8, 4) is 102 Å². The number of fused-ring (bicyclic) bond motifs is 20. The Morgan fingerprint density at radius 1 is 0.167 bits per heavy atom. The van der Waals surface area contributed by atoms with E-state index in [9.17, 15) is 0 Å². The molecular weight excluding hydrogens is 1400 g/mol. The molecule has 8 heterocycles. The fraction of sp³-hybridized carbons (Fsp3) is 0. The van der Waals surface area contributed by atoms with Crippen LogP contribution >= 0.6 is 0 Å². The summed E-state index contributed by atoms with van der Waals surface area (Å²) in [6, 6.07) is 128. The van der Waals surface area contributed by atoms with Gasteiger partial charge in [-0.1, -0.05) is 261 Å². The molecule has 0 aliphatic rings. The lowest BCUT2D eigenvalue weighted by atomic mass is 9.97. The molecule has 0 saturated heterocycles. The molecule has 0 amide bonds. The van der Waals surface area contributed by atoms with Gasteiger partial charge in [0, 0.05) is 98.3 Å². The van der Waals surface area contributed by atoms with Gasteiger partial charge in [-0.3, -0.25) is 9.13 Å². The van der Waals surface area contributed by atoms with Crippen LogP contribution in [0.3, 0.4) is 0 Å².